The zero-order valence-electron chi connectivity index (χ0n) is 16.7. The van der Waals surface area contributed by atoms with Crippen molar-refractivity contribution in [3.05, 3.63) is 65.4 Å². The molecule has 6 heteroatoms. The number of ether oxygens (including phenoxy) is 1. The van der Waals surface area contributed by atoms with Gasteiger partial charge in [0.25, 0.3) is 5.91 Å². The molecule has 3 amide bonds. The zero-order valence-corrected chi connectivity index (χ0v) is 16.7. The maximum absolute atomic E-state index is 12.7. The fourth-order valence-electron chi connectivity index (χ4n) is 3.88. The van der Waals surface area contributed by atoms with Crippen molar-refractivity contribution in [2.45, 2.75) is 32.7 Å². The highest BCUT2D eigenvalue weighted by atomic mass is 16.5. The Bertz CT molecular complexity index is 1040. The number of carbonyl (C=O) groups is 2. The van der Waals surface area contributed by atoms with E-state index < -0.39 is 6.04 Å². The Morgan fingerprint density at radius 1 is 1.07 bits per heavy atom. The summed E-state index contributed by atoms with van der Waals surface area (Å²) in [6.45, 7) is 4.86. The number of nitrogens with one attached hydrogen (secondary N) is 2. The van der Waals surface area contributed by atoms with E-state index in [9.17, 15) is 9.59 Å². The third kappa shape index (κ3) is 4.11. The van der Waals surface area contributed by atoms with Gasteiger partial charge in [-0.1, -0.05) is 24.3 Å². The van der Waals surface area contributed by atoms with Gasteiger partial charge < -0.3 is 15.0 Å². The minimum atomic E-state index is -0.526. The summed E-state index contributed by atoms with van der Waals surface area (Å²) in [6.07, 6.45) is 2.97. The quantitative estimate of drug-likeness (QED) is 0.476. The van der Waals surface area contributed by atoms with Crippen molar-refractivity contribution in [1.82, 2.24) is 15.2 Å². The number of H-pyrrole nitrogens is 1. The van der Waals surface area contributed by atoms with E-state index in [1.807, 2.05) is 56.4 Å². The lowest BCUT2D eigenvalue weighted by molar-refractivity contribution is -0.127. The standard InChI is InChI=1S/C23H25N3O3/c1-15-10-16(2)12-18(11-15)29-9-5-8-26-22(27)21(25-23(26)28)13-17-14-24-20-7-4-3-6-19(17)20/h3-4,6-7,10-12,14,21,24H,5,8-9,13H2,1-2H3,(H,25,28)/t21-/m1/s1. The van der Waals surface area contributed by atoms with Crippen molar-refractivity contribution in [2.24, 2.45) is 0 Å². The summed E-state index contributed by atoms with van der Waals surface area (Å²) in [5.41, 5.74) is 4.35. The predicted octanol–water partition coefficient (Wildman–Crippen LogP) is 3.72. The number of aryl methyl sites for hydroxylation is 2. The van der Waals surface area contributed by atoms with E-state index in [2.05, 4.69) is 16.4 Å². The number of imide groups is 1. The van der Waals surface area contributed by atoms with E-state index in [-0.39, 0.29) is 11.9 Å². The first-order valence-electron chi connectivity index (χ1n) is 9.89. The molecule has 6 nitrogen and oxygen atoms in total. The van der Waals surface area contributed by atoms with Crippen LogP contribution in [0, 0.1) is 13.8 Å². The van der Waals surface area contributed by atoms with Gasteiger partial charge in [-0.2, -0.15) is 0 Å². The third-order valence-corrected chi connectivity index (χ3v) is 5.20. The summed E-state index contributed by atoms with van der Waals surface area (Å²) < 4.78 is 5.78. The summed E-state index contributed by atoms with van der Waals surface area (Å²) in [4.78, 5) is 29.5. The first kappa shape index (κ1) is 19.1. The van der Waals surface area contributed by atoms with Crippen molar-refractivity contribution in [3.8, 4) is 5.75 Å². The Hall–Kier alpha value is -3.28. The molecule has 2 heterocycles. The van der Waals surface area contributed by atoms with Crippen LogP contribution in [0.2, 0.25) is 0 Å². The molecule has 1 aliphatic rings. The molecule has 150 valence electrons. The minimum Gasteiger partial charge on any atom is -0.494 e. The van der Waals surface area contributed by atoms with E-state index in [1.165, 1.54) is 4.90 Å². The van der Waals surface area contributed by atoms with E-state index in [0.717, 1.165) is 33.3 Å². The molecular formula is C23H25N3O3. The van der Waals surface area contributed by atoms with Gasteiger partial charge in [0.2, 0.25) is 0 Å². The number of carbonyl (C=O) groups excluding carboxylic acids is 2. The lowest BCUT2D eigenvalue weighted by atomic mass is 10.1. The number of nitrogens with zero attached hydrogens (tertiary/aromatic N) is 1. The van der Waals surface area contributed by atoms with Crippen LogP contribution in [0.5, 0.6) is 5.75 Å². The molecule has 0 bridgehead atoms. The smallest absolute Gasteiger partial charge is 0.324 e. The average Bonchev–Trinajstić information content (AvgIpc) is 3.20. The topological polar surface area (TPSA) is 74.4 Å². The molecule has 0 unspecified atom stereocenters. The van der Waals surface area contributed by atoms with Crippen molar-refractivity contribution in [1.29, 1.82) is 0 Å². The summed E-state index contributed by atoms with van der Waals surface area (Å²) >= 11 is 0. The van der Waals surface area contributed by atoms with Crippen LogP contribution < -0.4 is 10.1 Å². The lowest BCUT2D eigenvalue weighted by Crippen LogP contribution is -2.33. The number of aromatic nitrogens is 1. The molecule has 0 radical (unpaired) electrons. The molecule has 1 fully saturated rings. The molecule has 2 N–H and O–H groups in total. The van der Waals surface area contributed by atoms with Crippen LogP contribution >= 0.6 is 0 Å². The monoisotopic (exact) mass is 391 g/mol. The lowest BCUT2D eigenvalue weighted by Gasteiger charge is -2.14. The summed E-state index contributed by atoms with van der Waals surface area (Å²) in [5.74, 6) is 0.642. The van der Waals surface area contributed by atoms with Crippen molar-refractivity contribution in [3.63, 3.8) is 0 Å². The number of hydrogen-bond acceptors (Lipinski definition) is 3. The molecule has 4 rings (SSSR count). The van der Waals surface area contributed by atoms with E-state index in [1.54, 1.807) is 0 Å². The normalized spacial score (nSPS) is 16.5. The molecule has 0 saturated carbocycles. The number of fused-ring (bicyclic) bond motifs is 1. The van der Waals surface area contributed by atoms with Crippen molar-refractivity contribution in [2.75, 3.05) is 13.2 Å². The predicted molar refractivity (Wildman–Crippen MR) is 112 cm³/mol. The molecule has 1 saturated heterocycles. The van der Waals surface area contributed by atoms with Gasteiger partial charge in [-0.3, -0.25) is 9.69 Å². The molecule has 29 heavy (non-hydrogen) atoms. The number of hydrogen-bond donors (Lipinski definition) is 2. The van der Waals surface area contributed by atoms with Crippen molar-refractivity contribution < 1.29 is 14.3 Å². The number of urea groups is 1. The Morgan fingerprint density at radius 3 is 2.62 bits per heavy atom. The highest BCUT2D eigenvalue weighted by molar-refractivity contribution is 6.04. The van der Waals surface area contributed by atoms with Gasteiger partial charge >= 0.3 is 6.03 Å². The number of rotatable bonds is 7. The number of para-hydroxylation sites is 1. The maximum atomic E-state index is 12.7. The van der Waals surface area contributed by atoms with Crippen LogP contribution in [0.15, 0.2) is 48.7 Å². The Kier molecular flexibility index (Phi) is 5.25. The van der Waals surface area contributed by atoms with E-state index in [0.29, 0.717) is 26.0 Å². The third-order valence-electron chi connectivity index (χ3n) is 5.20. The van der Waals surface area contributed by atoms with Gasteiger partial charge in [0.05, 0.1) is 6.61 Å². The largest absolute Gasteiger partial charge is 0.494 e. The summed E-state index contributed by atoms with van der Waals surface area (Å²) in [5, 5.41) is 3.89. The van der Waals surface area contributed by atoms with Crippen LogP contribution in [0.1, 0.15) is 23.1 Å². The molecule has 0 spiro atoms. The fraction of sp³-hybridized carbons (Fsp3) is 0.304. The van der Waals surface area contributed by atoms with Gasteiger partial charge in [0, 0.05) is 30.1 Å². The number of aromatic amines is 1. The summed E-state index contributed by atoms with van der Waals surface area (Å²) in [7, 11) is 0. The molecule has 3 aromatic rings. The second kappa shape index (κ2) is 7.99. The molecule has 1 aromatic heterocycles. The van der Waals surface area contributed by atoms with Gasteiger partial charge in [0.1, 0.15) is 11.8 Å². The highest BCUT2D eigenvalue weighted by Crippen LogP contribution is 2.21. The fourth-order valence-corrected chi connectivity index (χ4v) is 3.88. The van der Waals surface area contributed by atoms with Crippen LogP contribution in [0.4, 0.5) is 4.79 Å². The van der Waals surface area contributed by atoms with E-state index in [4.69, 9.17) is 4.74 Å². The second-order valence-electron chi connectivity index (χ2n) is 7.58. The first-order chi connectivity index (χ1) is 14.0. The molecule has 1 atom stereocenters. The first-order valence-corrected chi connectivity index (χ1v) is 9.89. The molecule has 0 aliphatic carbocycles. The SMILES string of the molecule is Cc1cc(C)cc(OCCCN2C(=O)N[C@H](Cc3c[nH]c4ccccc34)C2=O)c1. The van der Waals surface area contributed by atoms with Gasteiger partial charge in [0.15, 0.2) is 0 Å². The van der Waals surface area contributed by atoms with Crippen molar-refractivity contribution >= 4 is 22.8 Å². The van der Waals surface area contributed by atoms with Crippen LogP contribution in [-0.2, 0) is 11.2 Å². The second-order valence-corrected chi connectivity index (χ2v) is 7.58. The summed E-state index contributed by atoms with van der Waals surface area (Å²) in [6, 6.07) is 13.2. The van der Waals surface area contributed by atoms with E-state index >= 15 is 0 Å². The van der Waals surface area contributed by atoms with Gasteiger partial charge in [-0.05, 0) is 55.2 Å². The van der Waals surface area contributed by atoms with Crippen LogP contribution in [0.3, 0.4) is 0 Å². The van der Waals surface area contributed by atoms with Crippen LogP contribution in [-0.4, -0.2) is 41.0 Å². The Balaban J connectivity index is 1.32. The van der Waals surface area contributed by atoms with Gasteiger partial charge in [-0.15, -0.1) is 0 Å². The minimum absolute atomic E-state index is 0.174. The highest BCUT2D eigenvalue weighted by Gasteiger charge is 2.37. The van der Waals surface area contributed by atoms with Gasteiger partial charge in [-0.25, -0.2) is 4.79 Å². The zero-order chi connectivity index (χ0) is 20.4. The molecule has 2 aromatic carbocycles. The molecule has 1 aliphatic heterocycles. The van der Waals surface area contributed by atoms with Crippen LogP contribution in [0.25, 0.3) is 10.9 Å². The number of amides is 3. The maximum Gasteiger partial charge on any atom is 0.324 e. The Labute approximate surface area is 169 Å². The number of benzene rings is 2. The Morgan fingerprint density at radius 2 is 1.83 bits per heavy atom. The average molecular weight is 391 g/mol. The molecular weight excluding hydrogens is 366 g/mol.